The zero-order chi connectivity index (χ0) is 16.8. The lowest BCUT2D eigenvalue weighted by molar-refractivity contribution is 0.251. The van der Waals surface area contributed by atoms with E-state index in [1.807, 2.05) is 41.2 Å². The molecule has 0 radical (unpaired) electrons. The first-order valence-corrected chi connectivity index (χ1v) is 7.93. The Morgan fingerprint density at radius 3 is 2.50 bits per heavy atom. The van der Waals surface area contributed by atoms with Crippen LogP contribution >= 0.6 is 11.6 Å². The smallest absolute Gasteiger partial charge is 0.319 e. The molecule has 5 nitrogen and oxygen atoms in total. The number of carbonyl (C=O) groups excluding carboxylic acids is 1. The number of nitrogens with one attached hydrogen (secondary N) is 2. The average Bonchev–Trinajstić information content (AvgIpc) is 3.09. The van der Waals surface area contributed by atoms with Gasteiger partial charge in [0, 0.05) is 29.6 Å². The average molecular weight is 341 g/mol. The molecule has 24 heavy (non-hydrogen) atoms. The molecule has 3 aromatic rings. The minimum Gasteiger partial charge on any atom is -0.334 e. The number of urea groups is 1. The number of benzene rings is 2. The predicted octanol–water partition coefficient (Wildman–Crippen LogP) is 3.91. The fourth-order valence-corrected chi connectivity index (χ4v) is 2.46. The SMILES string of the molecule is O=C(NCc1ccccc1Cn1cccn1)Nc1ccc(Cl)cc1. The van der Waals surface area contributed by atoms with Crippen molar-refractivity contribution in [2.24, 2.45) is 0 Å². The third-order valence-electron chi connectivity index (χ3n) is 3.55. The Balaban J connectivity index is 1.60. The summed E-state index contributed by atoms with van der Waals surface area (Å²) in [6, 6.07) is 16.6. The second-order valence-electron chi connectivity index (χ2n) is 5.29. The molecular weight excluding hydrogens is 324 g/mol. The van der Waals surface area contributed by atoms with Gasteiger partial charge in [-0.3, -0.25) is 4.68 Å². The molecule has 0 spiro atoms. The molecule has 1 aromatic heterocycles. The molecule has 6 heteroatoms. The number of aromatic nitrogens is 2. The van der Waals surface area contributed by atoms with Crippen LogP contribution in [0, 0.1) is 0 Å². The molecule has 0 aliphatic rings. The maximum atomic E-state index is 12.0. The van der Waals surface area contributed by atoms with E-state index in [0.717, 1.165) is 11.1 Å². The van der Waals surface area contributed by atoms with E-state index in [0.29, 0.717) is 23.8 Å². The largest absolute Gasteiger partial charge is 0.334 e. The molecule has 2 amide bonds. The Hall–Kier alpha value is -2.79. The van der Waals surface area contributed by atoms with Gasteiger partial charge in [-0.2, -0.15) is 5.10 Å². The van der Waals surface area contributed by atoms with Crippen molar-refractivity contribution in [1.82, 2.24) is 15.1 Å². The lowest BCUT2D eigenvalue weighted by Crippen LogP contribution is -2.28. The molecular formula is C18H17ClN4O. The number of hydrogen-bond acceptors (Lipinski definition) is 2. The maximum absolute atomic E-state index is 12.0. The highest BCUT2D eigenvalue weighted by molar-refractivity contribution is 6.30. The molecule has 0 atom stereocenters. The third kappa shape index (κ3) is 4.36. The summed E-state index contributed by atoms with van der Waals surface area (Å²) in [5.41, 5.74) is 2.87. The van der Waals surface area contributed by atoms with Crippen molar-refractivity contribution in [3.8, 4) is 0 Å². The highest BCUT2D eigenvalue weighted by atomic mass is 35.5. The molecule has 0 unspecified atom stereocenters. The first kappa shape index (κ1) is 16.1. The maximum Gasteiger partial charge on any atom is 0.319 e. The molecule has 0 bridgehead atoms. The topological polar surface area (TPSA) is 59.0 Å². The summed E-state index contributed by atoms with van der Waals surface area (Å²) in [6.07, 6.45) is 3.66. The summed E-state index contributed by atoms with van der Waals surface area (Å²) in [5.74, 6) is 0. The van der Waals surface area contributed by atoms with Crippen LogP contribution in [0.25, 0.3) is 0 Å². The van der Waals surface area contributed by atoms with Gasteiger partial charge in [-0.05, 0) is 41.5 Å². The lowest BCUT2D eigenvalue weighted by Gasteiger charge is -2.12. The van der Waals surface area contributed by atoms with Crippen LogP contribution in [0.3, 0.4) is 0 Å². The van der Waals surface area contributed by atoms with Gasteiger partial charge < -0.3 is 10.6 Å². The van der Waals surface area contributed by atoms with Crippen molar-refractivity contribution < 1.29 is 4.79 Å². The number of amides is 2. The van der Waals surface area contributed by atoms with Crippen molar-refractivity contribution in [1.29, 1.82) is 0 Å². The Kier molecular flexibility index (Phi) is 5.13. The summed E-state index contributed by atoms with van der Waals surface area (Å²) in [5, 5.41) is 10.5. The zero-order valence-electron chi connectivity index (χ0n) is 12.9. The predicted molar refractivity (Wildman–Crippen MR) is 95.1 cm³/mol. The standard InChI is InChI=1S/C18H17ClN4O/c19-16-6-8-17(9-7-16)22-18(24)20-12-14-4-1-2-5-15(14)13-23-11-3-10-21-23/h1-11H,12-13H2,(H2,20,22,24). The van der Waals surface area contributed by atoms with Crippen LogP contribution < -0.4 is 10.6 Å². The van der Waals surface area contributed by atoms with Crippen LogP contribution in [-0.4, -0.2) is 15.8 Å². The van der Waals surface area contributed by atoms with Gasteiger partial charge in [0.1, 0.15) is 0 Å². The van der Waals surface area contributed by atoms with Gasteiger partial charge in [-0.25, -0.2) is 4.79 Å². The van der Waals surface area contributed by atoms with Crippen LogP contribution in [-0.2, 0) is 13.1 Å². The quantitative estimate of drug-likeness (QED) is 0.740. The van der Waals surface area contributed by atoms with Crippen molar-refractivity contribution in [3.63, 3.8) is 0 Å². The Labute approximate surface area is 145 Å². The molecule has 2 N–H and O–H groups in total. The van der Waals surface area contributed by atoms with Gasteiger partial charge in [0.05, 0.1) is 6.54 Å². The number of anilines is 1. The van der Waals surface area contributed by atoms with E-state index in [1.165, 1.54) is 0 Å². The monoisotopic (exact) mass is 340 g/mol. The second kappa shape index (κ2) is 7.66. The Morgan fingerprint density at radius 1 is 1.04 bits per heavy atom. The van der Waals surface area contributed by atoms with Crippen LogP contribution in [0.4, 0.5) is 10.5 Å². The number of hydrogen-bond donors (Lipinski definition) is 2. The minimum atomic E-state index is -0.258. The van der Waals surface area contributed by atoms with E-state index < -0.39 is 0 Å². The number of rotatable bonds is 5. The molecule has 122 valence electrons. The van der Waals surface area contributed by atoms with E-state index >= 15 is 0 Å². The van der Waals surface area contributed by atoms with Gasteiger partial charge in [0.15, 0.2) is 0 Å². The molecule has 3 rings (SSSR count). The van der Waals surface area contributed by atoms with Gasteiger partial charge in [-0.15, -0.1) is 0 Å². The van der Waals surface area contributed by atoms with E-state index in [9.17, 15) is 4.79 Å². The van der Waals surface area contributed by atoms with Crippen LogP contribution in [0.1, 0.15) is 11.1 Å². The highest BCUT2D eigenvalue weighted by Crippen LogP contribution is 2.14. The molecule has 0 saturated heterocycles. The summed E-state index contributed by atoms with van der Waals surface area (Å²) in [6.45, 7) is 1.11. The Bertz CT molecular complexity index is 800. The normalized spacial score (nSPS) is 10.4. The highest BCUT2D eigenvalue weighted by Gasteiger charge is 2.06. The fourth-order valence-electron chi connectivity index (χ4n) is 2.34. The zero-order valence-corrected chi connectivity index (χ0v) is 13.7. The van der Waals surface area contributed by atoms with Crippen LogP contribution in [0.15, 0.2) is 67.0 Å². The number of halogens is 1. The third-order valence-corrected chi connectivity index (χ3v) is 3.80. The molecule has 0 aliphatic carbocycles. The van der Waals surface area contributed by atoms with Crippen molar-refractivity contribution in [2.45, 2.75) is 13.1 Å². The van der Waals surface area contributed by atoms with E-state index in [4.69, 9.17) is 11.6 Å². The van der Waals surface area contributed by atoms with Crippen LogP contribution in [0.2, 0.25) is 5.02 Å². The van der Waals surface area contributed by atoms with Gasteiger partial charge in [0.2, 0.25) is 0 Å². The first-order valence-electron chi connectivity index (χ1n) is 7.55. The van der Waals surface area contributed by atoms with Crippen molar-refractivity contribution >= 4 is 23.3 Å². The minimum absolute atomic E-state index is 0.258. The fraction of sp³-hybridized carbons (Fsp3) is 0.111. The van der Waals surface area contributed by atoms with Crippen molar-refractivity contribution in [2.75, 3.05) is 5.32 Å². The summed E-state index contributed by atoms with van der Waals surface area (Å²) in [4.78, 5) is 12.0. The molecule has 0 aliphatic heterocycles. The van der Waals surface area contributed by atoms with Gasteiger partial charge >= 0.3 is 6.03 Å². The van der Waals surface area contributed by atoms with Crippen molar-refractivity contribution in [3.05, 3.63) is 83.1 Å². The number of nitrogens with zero attached hydrogens (tertiary/aromatic N) is 2. The molecule has 0 fully saturated rings. The van der Waals surface area contributed by atoms with Crippen LogP contribution in [0.5, 0.6) is 0 Å². The molecule has 1 heterocycles. The lowest BCUT2D eigenvalue weighted by atomic mass is 10.1. The summed E-state index contributed by atoms with van der Waals surface area (Å²) < 4.78 is 1.85. The molecule has 0 saturated carbocycles. The number of carbonyl (C=O) groups is 1. The first-order chi connectivity index (χ1) is 11.7. The Morgan fingerprint density at radius 2 is 1.79 bits per heavy atom. The molecule has 2 aromatic carbocycles. The second-order valence-corrected chi connectivity index (χ2v) is 5.72. The summed E-state index contributed by atoms with van der Waals surface area (Å²) in [7, 11) is 0. The van der Waals surface area contributed by atoms with Gasteiger partial charge in [-0.1, -0.05) is 35.9 Å². The van der Waals surface area contributed by atoms with E-state index in [2.05, 4.69) is 15.7 Å². The van der Waals surface area contributed by atoms with E-state index in [1.54, 1.807) is 30.5 Å². The van der Waals surface area contributed by atoms with Gasteiger partial charge in [0.25, 0.3) is 0 Å². The van der Waals surface area contributed by atoms with E-state index in [-0.39, 0.29) is 6.03 Å². The summed E-state index contributed by atoms with van der Waals surface area (Å²) >= 11 is 5.83.